The standard InChI is InChI=1S/C10H12O4/c1-12-7-4-3-6-5-14-10(11)8(6)9(7)13-2/h3-4,10-11H,5H2,1-2H3. The minimum absolute atomic E-state index is 0.414. The summed E-state index contributed by atoms with van der Waals surface area (Å²) in [4.78, 5) is 0. The Hall–Kier alpha value is -1.26. The van der Waals surface area contributed by atoms with Gasteiger partial charge in [-0.3, -0.25) is 0 Å². The summed E-state index contributed by atoms with van der Waals surface area (Å²) in [6, 6.07) is 3.67. The summed E-state index contributed by atoms with van der Waals surface area (Å²) in [6.45, 7) is 0.414. The van der Waals surface area contributed by atoms with Gasteiger partial charge in [-0.05, 0) is 11.6 Å². The molecule has 1 aromatic carbocycles. The van der Waals surface area contributed by atoms with Crippen LogP contribution in [0.15, 0.2) is 12.1 Å². The Kier molecular flexibility index (Phi) is 2.31. The molecule has 1 aliphatic rings. The first-order valence-corrected chi connectivity index (χ1v) is 4.31. The Morgan fingerprint density at radius 2 is 2.14 bits per heavy atom. The molecule has 0 saturated heterocycles. The maximum absolute atomic E-state index is 9.56. The number of fused-ring (bicyclic) bond motifs is 1. The number of ether oxygens (including phenoxy) is 3. The van der Waals surface area contributed by atoms with Gasteiger partial charge in [0, 0.05) is 0 Å². The number of benzene rings is 1. The number of hydrogen-bond donors (Lipinski definition) is 1. The van der Waals surface area contributed by atoms with Crippen molar-refractivity contribution in [2.45, 2.75) is 12.9 Å². The van der Waals surface area contributed by atoms with E-state index in [1.807, 2.05) is 6.07 Å². The largest absolute Gasteiger partial charge is 0.493 e. The Bertz CT molecular complexity index is 348. The molecular formula is C10H12O4. The molecule has 14 heavy (non-hydrogen) atoms. The molecule has 76 valence electrons. The third kappa shape index (κ3) is 1.23. The summed E-state index contributed by atoms with van der Waals surface area (Å²) in [5, 5.41) is 9.56. The second-order valence-corrected chi connectivity index (χ2v) is 3.04. The van der Waals surface area contributed by atoms with Gasteiger partial charge in [-0.2, -0.15) is 0 Å². The summed E-state index contributed by atoms with van der Waals surface area (Å²) >= 11 is 0. The van der Waals surface area contributed by atoms with E-state index >= 15 is 0 Å². The molecule has 0 aliphatic carbocycles. The monoisotopic (exact) mass is 196 g/mol. The average molecular weight is 196 g/mol. The van der Waals surface area contributed by atoms with Crippen LogP contribution in [0.2, 0.25) is 0 Å². The van der Waals surface area contributed by atoms with Gasteiger partial charge in [0.1, 0.15) is 0 Å². The van der Waals surface area contributed by atoms with Crippen LogP contribution in [0, 0.1) is 0 Å². The van der Waals surface area contributed by atoms with Crippen LogP contribution in [-0.4, -0.2) is 19.3 Å². The van der Waals surface area contributed by atoms with Gasteiger partial charge in [0.15, 0.2) is 17.8 Å². The topological polar surface area (TPSA) is 47.9 Å². The first-order valence-electron chi connectivity index (χ1n) is 4.31. The van der Waals surface area contributed by atoms with Gasteiger partial charge in [0.2, 0.25) is 0 Å². The summed E-state index contributed by atoms with van der Waals surface area (Å²) in [6.07, 6.45) is -0.907. The van der Waals surface area contributed by atoms with E-state index in [1.165, 1.54) is 0 Å². The van der Waals surface area contributed by atoms with Gasteiger partial charge < -0.3 is 19.3 Å². The molecule has 0 saturated carbocycles. The molecule has 4 nitrogen and oxygen atoms in total. The summed E-state index contributed by atoms with van der Waals surface area (Å²) in [5.74, 6) is 1.16. The van der Waals surface area contributed by atoms with Crippen LogP contribution < -0.4 is 9.47 Å². The lowest BCUT2D eigenvalue weighted by molar-refractivity contribution is -0.0926. The van der Waals surface area contributed by atoms with Crippen molar-refractivity contribution in [3.63, 3.8) is 0 Å². The van der Waals surface area contributed by atoms with Crippen LogP contribution in [0.5, 0.6) is 11.5 Å². The normalized spacial score (nSPS) is 19.2. The minimum atomic E-state index is -0.907. The third-order valence-corrected chi connectivity index (χ3v) is 2.32. The van der Waals surface area contributed by atoms with Crippen molar-refractivity contribution in [3.05, 3.63) is 23.3 Å². The molecule has 0 bridgehead atoms. The summed E-state index contributed by atoms with van der Waals surface area (Å²) in [7, 11) is 3.11. The SMILES string of the molecule is COc1ccc2c(c1OC)C(O)OC2. The van der Waals surface area contributed by atoms with Gasteiger partial charge in [-0.25, -0.2) is 0 Å². The zero-order valence-electron chi connectivity index (χ0n) is 8.11. The van der Waals surface area contributed by atoms with Gasteiger partial charge in [0.25, 0.3) is 0 Å². The molecule has 1 aromatic rings. The molecule has 1 atom stereocenters. The maximum Gasteiger partial charge on any atom is 0.185 e. The first kappa shape index (κ1) is 9.30. The van der Waals surface area contributed by atoms with Gasteiger partial charge >= 0.3 is 0 Å². The molecule has 0 spiro atoms. The van der Waals surface area contributed by atoms with Gasteiger partial charge in [-0.1, -0.05) is 6.07 Å². The molecule has 0 amide bonds. The number of hydrogen-bond acceptors (Lipinski definition) is 4. The molecule has 0 aromatic heterocycles. The zero-order chi connectivity index (χ0) is 10.1. The number of aliphatic hydroxyl groups excluding tert-OH is 1. The van der Waals surface area contributed by atoms with Crippen LogP contribution >= 0.6 is 0 Å². The zero-order valence-corrected chi connectivity index (χ0v) is 8.11. The lowest BCUT2D eigenvalue weighted by Gasteiger charge is -2.12. The quantitative estimate of drug-likeness (QED) is 0.772. The molecule has 1 N–H and O–H groups in total. The van der Waals surface area contributed by atoms with Crippen LogP contribution in [0.3, 0.4) is 0 Å². The van der Waals surface area contributed by atoms with Gasteiger partial charge in [-0.15, -0.1) is 0 Å². The van der Waals surface area contributed by atoms with Crippen molar-refractivity contribution in [2.24, 2.45) is 0 Å². The molecule has 1 aliphatic heterocycles. The second-order valence-electron chi connectivity index (χ2n) is 3.04. The number of aliphatic hydroxyl groups is 1. The first-order chi connectivity index (χ1) is 6.77. The predicted molar refractivity (Wildman–Crippen MR) is 49.3 cm³/mol. The van der Waals surface area contributed by atoms with Crippen molar-refractivity contribution in [1.82, 2.24) is 0 Å². The van der Waals surface area contributed by atoms with E-state index in [0.717, 1.165) is 5.56 Å². The second kappa shape index (κ2) is 3.48. The van der Waals surface area contributed by atoms with E-state index in [1.54, 1.807) is 20.3 Å². The number of methoxy groups -OCH3 is 2. The molecule has 0 radical (unpaired) electrons. The molecular weight excluding hydrogens is 184 g/mol. The van der Waals surface area contributed by atoms with E-state index in [0.29, 0.717) is 23.7 Å². The lowest BCUT2D eigenvalue weighted by atomic mass is 10.1. The third-order valence-electron chi connectivity index (χ3n) is 2.32. The van der Waals surface area contributed by atoms with Crippen molar-refractivity contribution < 1.29 is 19.3 Å². The van der Waals surface area contributed by atoms with E-state index in [-0.39, 0.29) is 0 Å². The smallest absolute Gasteiger partial charge is 0.185 e. The lowest BCUT2D eigenvalue weighted by Crippen LogP contribution is -1.99. The highest BCUT2D eigenvalue weighted by Gasteiger charge is 2.27. The van der Waals surface area contributed by atoms with E-state index < -0.39 is 6.29 Å². The van der Waals surface area contributed by atoms with Crippen molar-refractivity contribution >= 4 is 0 Å². The van der Waals surface area contributed by atoms with Crippen LogP contribution in [0.25, 0.3) is 0 Å². The maximum atomic E-state index is 9.56. The fourth-order valence-electron chi connectivity index (χ4n) is 1.64. The fraction of sp³-hybridized carbons (Fsp3) is 0.400. The van der Waals surface area contributed by atoms with E-state index in [2.05, 4.69) is 0 Å². The van der Waals surface area contributed by atoms with E-state index in [9.17, 15) is 5.11 Å². The van der Waals surface area contributed by atoms with Crippen molar-refractivity contribution in [3.8, 4) is 11.5 Å². The van der Waals surface area contributed by atoms with Crippen LogP contribution in [-0.2, 0) is 11.3 Å². The predicted octanol–water partition coefficient (Wildman–Crippen LogP) is 1.22. The molecule has 0 fully saturated rings. The van der Waals surface area contributed by atoms with Crippen molar-refractivity contribution in [1.29, 1.82) is 0 Å². The highest BCUT2D eigenvalue weighted by atomic mass is 16.6. The molecule has 1 heterocycles. The summed E-state index contributed by atoms with van der Waals surface area (Å²) in [5.41, 5.74) is 1.61. The molecule has 4 heteroatoms. The molecule has 1 unspecified atom stereocenters. The van der Waals surface area contributed by atoms with Gasteiger partial charge in [0.05, 0.1) is 26.4 Å². The highest BCUT2D eigenvalue weighted by Crippen LogP contribution is 2.41. The van der Waals surface area contributed by atoms with Crippen molar-refractivity contribution in [2.75, 3.05) is 14.2 Å². The molecule has 2 rings (SSSR count). The minimum Gasteiger partial charge on any atom is -0.493 e. The Balaban J connectivity index is 2.57. The fourth-order valence-corrected chi connectivity index (χ4v) is 1.64. The number of rotatable bonds is 2. The highest BCUT2D eigenvalue weighted by molar-refractivity contribution is 5.52. The van der Waals surface area contributed by atoms with Crippen LogP contribution in [0.1, 0.15) is 17.4 Å². The van der Waals surface area contributed by atoms with Crippen LogP contribution in [0.4, 0.5) is 0 Å². The Morgan fingerprint density at radius 1 is 1.36 bits per heavy atom. The Labute approximate surface area is 82.0 Å². The van der Waals surface area contributed by atoms with E-state index in [4.69, 9.17) is 14.2 Å². The summed E-state index contributed by atoms with van der Waals surface area (Å²) < 4.78 is 15.4. The Morgan fingerprint density at radius 3 is 2.79 bits per heavy atom. The average Bonchev–Trinajstić information content (AvgIpc) is 2.59.